The predicted octanol–water partition coefficient (Wildman–Crippen LogP) is 4.18. The molecule has 0 bridgehead atoms. The van der Waals surface area contributed by atoms with E-state index in [1.54, 1.807) is 30.3 Å². The van der Waals surface area contributed by atoms with Gasteiger partial charge in [0, 0.05) is 11.4 Å². The molecule has 0 spiro atoms. The maximum Gasteiger partial charge on any atom is 0.340 e. The van der Waals surface area contributed by atoms with E-state index in [2.05, 4.69) is 6.07 Å². The van der Waals surface area contributed by atoms with Crippen LogP contribution in [0.3, 0.4) is 0 Å². The molecule has 5 heteroatoms. The number of nitriles is 1. The van der Waals surface area contributed by atoms with Gasteiger partial charge in [-0.15, -0.1) is 0 Å². The molecule has 0 aliphatic rings. The highest BCUT2D eigenvalue weighted by atomic mass is 16.5. The number of para-hydroxylation sites is 1. The molecule has 0 heterocycles. The molecule has 0 aromatic heterocycles. The van der Waals surface area contributed by atoms with Gasteiger partial charge < -0.3 is 16.2 Å². The molecule has 0 unspecified atom stereocenters. The highest BCUT2D eigenvalue weighted by Gasteiger charge is 2.11. The van der Waals surface area contributed by atoms with Gasteiger partial charge in [-0.2, -0.15) is 5.26 Å². The second-order valence-corrected chi connectivity index (χ2v) is 6.40. The first-order valence-electron chi connectivity index (χ1n) is 8.99. The SMILES string of the molecule is N#Cc1ccccc1-c1ccc(CCCOC(=O)c2ccccc2N)c(N)c1. The average molecular weight is 371 g/mol. The van der Waals surface area contributed by atoms with Crippen molar-refractivity contribution in [3.05, 3.63) is 83.4 Å². The molecule has 3 aromatic rings. The number of carbonyl (C=O) groups excluding carboxylic acids is 1. The van der Waals surface area contributed by atoms with Gasteiger partial charge in [-0.25, -0.2) is 4.79 Å². The van der Waals surface area contributed by atoms with Crippen LogP contribution in [-0.2, 0) is 11.2 Å². The van der Waals surface area contributed by atoms with Crippen molar-refractivity contribution in [2.45, 2.75) is 12.8 Å². The predicted molar refractivity (Wildman–Crippen MR) is 110 cm³/mol. The van der Waals surface area contributed by atoms with Gasteiger partial charge in [0.2, 0.25) is 0 Å². The third-order valence-corrected chi connectivity index (χ3v) is 4.51. The minimum atomic E-state index is -0.422. The number of benzene rings is 3. The van der Waals surface area contributed by atoms with E-state index in [4.69, 9.17) is 16.2 Å². The van der Waals surface area contributed by atoms with Gasteiger partial charge in [0.25, 0.3) is 0 Å². The van der Waals surface area contributed by atoms with Crippen LogP contribution < -0.4 is 11.5 Å². The Morgan fingerprint density at radius 2 is 1.71 bits per heavy atom. The number of ether oxygens (including phenoxy) is 1. The van der Waals surface area contributed by atoms with E-state index in [-0.39, 0.29) is 6.61 Å². The number of hydrogen-bond donors (Lipinski definition) is 2. The van der Waals surface area contributed by atoms with Crippen LogP contribution in [0.25, 0.3) is 11.1 Å². The van der Waals surface area contributed by atoms with Gasteiger partial charge in [-0.05, 0) is 53.8 Å². The number of esters is 1. The number of nitrogens with zero attached hydrogens (tertiary/aromatic N) is 1. The van der Waals surface area contributed by atoms with Crippen molar-refractivity contribution in [2.24, 2.45) is 0 Å². The summed E-state index contributed by atoms with van der Waals surface area (Å²) in [6.07, 6.45) is 1.33. The Morgan fingerprint density at radius 3 is 2.46 bits per heavy atom. The molecule has 3 rings (SSSR count). The van der Waals surface area contributed by atoms with Gasteiger partial charge in [0.1, 0.15) is 0 Å². The Labute approximate surface area is 164 Å². The quantitative estimate of drug-likeness (QED) is 0.384. The van der Waals surface area contributed by atoms with Crippen LogP contribution in [0.5, 0.6) is 0 Å². The Hall–Kier alpha value is -3.78. The fourth-order valence-electron chi connectivity index (χ4n) is 3.01. The standard InChI is InChI=1S/C23H21N3O2/c24-15-18-6-1-2-8-19(18)17-12-11-16(22(26)14-17)7-5-13-28-23(27)20-9-3-4-10-21(20)25/h1-4,6,8-12,14H,5,7,13,25-26H2. The van der Waals surface area contributed by atoms with E-state index in [1.807, 2.05) is 36.4 Å². The summed E-state index contributed by atoms with van der Waals surface area (Å²) in [4.78, 5) is 12.1. The minimum Gasteiger partial charge on any atom is -0.462 e. The van der Waals surface area contributed by atoms with E-state index in [0.717, 1.165) is 16.7 Å². The molecule has 0 radical (unpaired) electrons. The fourth-order valence-corrected chi connectivity index (χ4v) is 3.01. The van der Waals surface area contributed by atoms with Gasteiger partial charge in [0.05, 0.1) is 23.8 Å². The highest BCUT2D eigenvalue weighted by Crippen LogP contribution is 2.27. The van der Waals surface area contributed by atoms with Gasteiger partial charge >= 0.3 is 5.97 Å². The Bertz CT molecular complexity index is 1040. The molecular weight excluding hydrogens is 350 g/mol. The van der Waals surface area contributed by atoms with Crippen molar-refractivity contribution in [3.8, 4) is 17.2 Å². The second-order valence-electron chi connectivity index (χ2n) is 6.40. The van der Waals surface area contributed by atoms with Gasteiger partial charge in [-0.1, -0.05) is 42.5 Å². The number of aryl methyl sites for hydroxylation is 1. The maximum absolute atomic E-state index is 12.1. The van der Waals surface area contributed by atoms with Crippen molar-refractivity contribution in [2.75, 3.05) is 18.1 Å². The fraction of sp³-hybridized carbons (Fsp3) is 0.130. The molecule has 0 aliphatic carbocycles. The van der Waals surface area contributed by atoms with E-state index in [0.29, 0.717) is 35.3 Å². The zero-order valence-electron chi connectivity index (χ0n) is 15.4. The Kier molecular flexibility index (Phi) is 5.93. The lowest BCUT2D eigenvalue weighted by Gasteiger charge is -2.10. The molecular formula is C23H21N3O2. The van der Waals surface area contributed by atoms with Crippen molar-refractivity contribution in [3.63, 3.8) is 0 Å². The number of nitrogens with two attached hydrogens (primary N) is 2. The van der Waals surface area contributed by atoms with Crippen LogP contribution in [0.15, 0.2) is 66.7 Å². The first kappa shape index (κ1) is 19.0. The number of hydrogen-bond acceptors (Lipinski definition) is 5. The van der Waals surface area contributed by atoms with Crippen LogP contribution in [0.4, 0.5) is 11.4 Å². The molecule has 140 valence electrons. The Balaban J connectivity index is 1.59. The van der Waals surface area contributed by atoms with Crippen LogP contribution in [0.2, 0.25) is 0 Å². The van der Waals surface area contributed by atoms with Crippen molar-refractivity contribution in [1.82, 2.24) is 0 Å². The normalized spacial score (nSPS) is 10.2. The number of carbonyl (C=O) groups is 1. The van der Waals surface area contributed by atoms with Crippen LogP contribution >= 0.6 is 0 Å². The molecule has 28 heavy (non-hydrogen) atoms. The second kappa shape index (κ2) is 8.74. The summed E-state index contributed by atoms with van der Waals surface area (Å²) < 4.78 is 5.30. The first-order chi connectivity index (χ1) is 13.6. The van der Waals surface area contributed by atoms with E-state index in [9.17, 15) is 10.1 Å². The largest absolute Gasteiger partial charge is 0.462 e. The van der Waals surface area contributed by atoms with E-state index < -0.39 is 5.97 Å². The zero-order chi connectivity index (χ0) is 19.9. The summed E-state index contributed by atoms with van der Waals surface area (Å²) in [7, 11) is 0. The molecule has 4 N–H and O–H groups in total. The molecule has 0 saturated carbocycles. The Morgan fingerprint density at radius 1 is 0.964 bits per heavy atom. The van der Waals surface area contributed by atoms with Crippen molar-refractivity contribution < 1.29 is 9.53 Å². The summed E-state index contributed by atoms with van der Waals surface area (Å²) in [5.74, 6) is -0.422. The maximum atomic E-state index is 12.1. The summed E-state index contributed by atoms with van der Waals surface area (Å²) in [6, 6.07) is 22.2. The highest BCUT2D eigenvalue weighted by molar-refractivity contribution is 5.94. The lowest BCUT2D eigenvalue weighted by atomic mass is 9.97. The summed E-state index contributed by atoms with van der Waals surface area (Å²) in [5, 5.41) is 9.26. The summed E-state index contributed by atoms with van der Waals surface area (Å²) in [5.41, 5.74) is 16.8. The molecule has 0 saturated heterocycles. The van der Waals surface area contributed by atoms with Crippen LogP contribution in [-0.4, -0.2) is 12.6 Å². The zero-order valence-corrected chi connectivity index (χ0v) is 15.4. The molecule has 5 nitrogen and oxygen atoms in total. The van der Waals surface area contributed by atoms with Gasteiger partial charge in [0.15, 0.2) is 0 Å². The molecule has 0 aliphatic heterocycles. The lowest BCUT2D eigenvalue weighted by molar-refractivity contribution is 0.0502. The van der Waals surface area contributed by atoms with Crippen molar-refractivity contribution in [1.29, 1.82) is 5.26 Å². The average Bonchev–Trinajstić information content (AvgIpc) is 2.72. The molecule has 0 amide bonds. The minimum absolute atomic E-state index is 0.283. The third kappa shape index (κ3) is 4.30. The van der Waals surface area contributed by atoms with Gasteiger partial charge in [-0.3, -0.25) is 0 Å². The monoisotopic (exact) mass is 371 g/mol. The first-order valence-corrected chi connectivity index (χ1v) is 8.99. The third-order valence-electron chi connectivity index (χ3n) is 4.51. The summed E-state index contributed by atoms with van der Waals surface area (Å²) in [6.45, 7) is 0.283. The number of anilines is 2. The molecule has 0 fully saturated rings. The number of rotatable bonds is 6. The van der Waals surface area contributed by atoms with Crippen molar-refractivity contribution >= 4 is 17.3 Å². The summed E-state index contributed by atoms with van der Waals surface area (Å²) >= 11 is 0. The topological polar surface area (TPSA) is 102 Å². The molecule has 3 aromatic carbocycles. The van der Waals surface area contributed by atoms with E-state index in [1.165, 1.54) is 0 Å². The van der Waals surface area contributed by atoms with E-state index >= 15 is 0 Å². The smallest absolute Gasteiger partial charge is 0.340 e. The van der Waals surface area contributed by atoms with Crippen LogP contribution in [0, 0.1) is 11.3 Å². The lowest BCUT2D eigenvalue weighted by Crippen LogP contribution is -2.09. The number of nitrogen functional groups attached to an aromatic ring is 2. The van der Waals surface area contributed by atoms with Crippen LogP contribution in [0.1, 0.15) is 27.9 Å². The molecule has 0 atom stereocenters.